The predicted molar refractivity (Wildman–Crippen MR) is 69.4 cm³/mol. The molecule has 2 rings (SSSR count). The van der Waals surface area contributed by atoms with Gasteiger partial charge >= 0.3 is 5.97 Å². The molecule has 0 aromatic heterocycles. The maximum Gasteiger partial charge on any atom is 0.303 e. The van der Waals surface area contributed by atoms with Crippen LogP contribution >= 0.6 is 0 Å². The molecule has 0 unspecified atom stereocenters. The van der Waals surface area contributed by atoms with Gasteiger partial charge < -0.3 is 5.11 Å². The monoisotopic (exact) mass is 228 g/mol. The molecule has 1 atom stereocenters. The highest BCUT2D eigenvalue weighted by Crippen LogP contribution is 2.29. The van der Waals surface area contributed by atoms with Gasteiger partial charge in [-0.25, -0.2) is 0 Å². The fraction of sp³-hybridized carbons (Fsp3) is 0.267. The fourth-order valence-corrected chi connectivity index (χ4v) is 2.28. The van der Waals surface area contributed by atoms with Crippen LogP contribution < -0.4 is 0 Å². The third-order valence-corrected chi connectivity index (χ3v) is 3.05. The summed E-state index contributed by atoms with van der Waals surface area (Å²) < 4.78 is 0. The molecular weight excluding hydrogens is 212 g/mol. The first kappa shape index (κ1) is 11.6. The molecule has 2 nitrogen and oxygen atoms in total. The van der Waals surface area contributed by atoms with Gasteiger partial charge in [-0.05, 0) is 29.2 Å². The first-order chi connectivity index (χ1) is 8.08. The highest BCUT2D eigenvalue weighted by molar-refractivity contribution is 5.87. The van der Waals surface area contributed by atoms with Crippen LogP contribution in [-0.4, -0.2) is 11.1 Å². The van der Waals surface area contributed by atoms with Crippen molar-refractivity contribution in [1.82, 2.24) is 0 Å². The van der Waals surface area contributed by atoms with E-state index in [4.69, 9.17) is 5.11 Å². The van der Waals surface area contributed by atoms with E-state index in [9.17, 15) is 4.79 Å². The van der Waals surface area contributed by atoms with E-state index in [0.717, 1.165) is 10.9 Å². The Morgan fingerprint density at radius 3 is 2.71 bits per heavy atom. The smallest absolute Gasteiger partial charge is 0.303 e. The molecule has 1 N–H and O–H groups in total. The minimum absolute atomic E-state index is 0.0392. The molecule has 0 amide bonds. The molecular formula is C15H16O2. The first-order valence-electron chi connectivity index (χ1n) is 5.79. The van der Waals surface area contributed by atoms with Crippen molar-refractivity contribution < 1.29 is 9.90 Å². The maximum atomic E-state index is 10.8. The van der Waals surface area contributed by atoms with E-state index in [1.54, 1.807) is 0 Å². The van der Waals surface area contributed by atoms with Gasteiger partial charge in [0.2, 0.25) is 0 Å². The first-order valence-corrected chi connectivity index (χ1v) is 5.79. The Morgan fingerprint density at radius 1 is 1.29 bits per heavy atom. The zero-order chi connectivity index (χ0) is 12.4. The van der Waals surface area contributed by atoms with Crippen molar-refractivity contribution in [2.45, 2.75) is 26.2 Å². The Hall–Kier alpha value is -1.83. The summed E-state index contributed by atoms with van der Waals surface area (Å²) in [5, 5.41) is 11.2. The zero-order valence-electron chi connectivity index (χ0n) is 10.1. The SMILES string of the molecule is Cc1cc([C@H](C)CC(=O)O)c2ccccc2c1. The summed E-state index contributed by atoms with van der Waals surface area (Å²) >= 11 is 0. The number of rotatable bonds is 3. The molecule has 2 aromatic rings. The minimum Gasteiger partial charge on any atom is -0.481 e. The van der Waals surface area contributed by atoms with Gasteiger partial charge in [0.25, 0.3) is 0 Å². The third-order valence-electron chi connectivity index (χ3n) is 3.05. The van der Waals surface area contributed by atoms with Crippen molar-refractivity contribution in [3.05, 3.63) is 47.5 Å². The second-order valence-electron chi connectivity index (χ2n) is 4.57. The van der Waals surface area contributed by atoms with Crippen molar-refractivity contribution in [3.63, 3.8) is 0 Å². The second-order valence-corrected chi connectivity index (χ2v) is 4.57. The molecule has 0 fully saturated rings. The van der Waals surface area contributed by atoms with Gasteiger partial charge in [-0.1, -0.05) is 48.9 Å². The van der Waals surface area contributed by atoms with Gasteiger partial charge in [0.15, 0.2) is 0 Å². The molecule has 0 aliphatic heterocycles. The van der Waals surface area contributed by atoms with E-state index in [2.05, 4.69) is 24.3 Å². The summed E-state index contributed by atoms with van der Waals surface area (Å²) in [7, 11) is 0. The molecule has 0 aliphatic carbocycles. The van der Waals surface area contributed by atoms with Crippen molar-refractivity contribution in [2.24, 2.45) is 0 Å². The second kappa shape index (κ2) is 4.58. The molecule has 0 heterocycles. The van der Waals surface area contributed by atoms with Crippen molar-refractivity contribution in [1.29, 1.82) is 0 Å². The van der Waals surface area contributed by atoms with Gasteiger partial charge in [-0.2, -0.15) is 0 Å². The number of carboxylic acid groups (broad SMARTS) is 1. The van der Waals surface area contributed by atoms with Crippen LogP contribution in [0.5, 0.6) is 0 Å². The van der Waals surface area contributed by atoms with Gasteiger partial charge in [-0.15, -0.1) is 0 Å². The van der Waals surface area contributed by atoms with E-state index in [-0.39, 0.29) is 12.3 Å². The normalized spacial score (nSPS) is 12.6. The minimum atomic E-state index is -0.747. The summed E-state index contributed by atoms with van der Waals surface area (Å²) in [4.78, 5) is 10.8. The molecule has 0 radical (unpaired) electrons. The van der Waals surface area contributed by atoms with Crippen LogP contribution in [0.3, 0.4) is 0 Å². The topological polar surface area (TPSA) is 37.3 Å². The summed E-state index contributed by atoms with van der Waals surface area (Å²) in [6, 6.07) is 12.4. The van der Waals surface area contributed by atoms with Crippen molar-refractivity contribution >= 4 is 16.7 Å². The largest absolute Gasteiger partial charge is 0.481 e. The lowest BCUT2D eigenvalue weighted by atomic mass is 9.91. The molecule has 2 heteroatoms. The number of fused-ring (bicyclic) bond motifs is 1. The van der Waals surface area contributed by atoms with Crippen LogP contribution in [0.4, 0.5) is 0 Å². The maximum absolute atomic E-state index is 10.8. The Kier molecular flexibility index (Phi) is 3.14. The Bertz CT molecular complexity index is 558. The molecule has 88 valence electrons. The Balaban J connectivity index is 2.55. The summed E-state index contributed by atoms with van der Waals surface area (Å²) in [6.07, 6.45) is 0.174. The number of hydrogen-bond acceptors (Lipinski definition) is 1. The van der Waals surface area contributed by atoms with Gasteiger partial charge in [-0.3, -0.25) is 4.79 Å². The number of aryl methyl sites for hydroxylation is 1. The van der Waals surface area contributed by atoms with Crippen LogP contribution in [0.1, 0.15) is 30.4 Å². The average Bonchev–Trinajstić information content (AvgIpc) is 2.26. The summed E-state index contributed by atoms with van der Waals surface area (Å²) in [5.41, 5.74) is 2.30. The number of carbonyl (C=O) groups is 1. The highest BCUT2D eigenvalue weighted by atomic mass is 16.4. The lowest BCUT2D eigenvalue weighted by molar-refractivity contribution is -0.137. The quantitative estimate of drug-likeness (QED) is 0.869. The summed E-state index contributed by atoms with van der Waals surface area (Å²) in [6.45, 7) is 4.01. The van der Waals surface area contributed by atoms with Crippen LogP contribution in [0, 0.1) is 6.92 Å². The molecule has 0 saturated carbocycles. The van der Waals surface area contributed by atoms with Gasteiger partial charge in [0.05, 0.1) is 6.42 Å². The van der Waals surface area contributed by atoms with Crippen LogP contribution in [-0.2, 0) is 4.79 Å². The Morgan fingerprint density at radius 2 is 2.00 bits per heavy atom. The number of carboxylic acids is 1. The van der Waals surface area contributed by atoms with Crippen LogP contribution in [0.2, 0.25) is 0 Å². The lowest BCUT2D eigenvalue weighted by Crippen LogP contribution is -2.03. The zero-order valence-corrected chi connectivity index (χ0v) is 10.1. The average molecular weight is 228 g/mol. The molecule has 2 aromatic carbocycles. The Labute approximate surface area is 101 Å². The van der Waals surface area contributed by atoms with Gasteiger partial charge in [0.1, 0.15) is 0 Å². The van der Waals surface area contributed by atoms with E-state index in [1.807, 2.05) is 26.0 Å². The number of hydrogen-bond donors (Lipinski definition) is 1. The van der Waals surface area contributed by atoms with Crippen LogP contribution in [0.25, 0.3) is 10.8 Å². The molecule has 0 spiro atoms. The lowest BCUT2D eigenvalue weighted by Gasteiger charge is -2.14. The predicted octanol–water partition coefficient (Wildman–Crippen LogP) is 3.73. The molecule has 0 saturated heterocycles. The van der Waals surface area contributed by atoms with E-state index in [0.29, 0.717) is 0 Å². The van der Waals surface area contributed by atoms with E-state index >= 15 is 0 Å². The highest BCUT2D eigenvalue weighted by Gasteiger charge is 2.13. The van der Waals surface area contributed by atoms with Crippen LogP contribution in [0.15, 0.2) is 36.4 Å². The molecule has 0 aliphatic rings. The number of aliphatic carboxylic acids is 1. The van der Waals surface area contributed by atoms with E-state index < -0.39 is 5.97 Å². The van der Waals surface area contributed by atoms with Crippen molar-refractivity contribution in [2.75, 3.05) is 0 Å². The molecule has 0 bridgehead atoms. The fourth-order valence-electron chi connectivity index (χ4n) is 2.28. The summed E-state index contributed by atoms with van der Waals surface area (Å²) in [5.74, 6) is -0.708. The van der Waals surface area contributed by atoms with E-state index in [1.165, 1.54) is 10.9 Å². The standard InChI is InChI=1S/C15H16O2/c1-10-7-12-5-3-4-6-13(12)14(8-10)11(2)9-15(16)17/h3-8,11H,9H2,1-2H3,(H,16,17)/t11-/m1/s1. The molecule has 17 heavy (non-hydrogen) atoms. The van der Waals surface area contributed by atoms with Crippen molar-refractivity contribution in [3.8, 4) is 0 Å². The third kappa shape index (κ3) is 2.47. The number of benzene rings is 2. The van der Waals surface area contributed by atoms with Gasteiger partial charge in [0, 0.05) is 0 Å².